The van der Waals surface area contributed by atoms with E-state index in [-0.39, 0.29) is 0 Å². The second-order valence-corrected chi connectivity index (χ2v) is 6.77. The molecular formula is C15H19BrN2O2. The number of hydrogen-bond donors (Lipinski definition) is 2. The number of rotatable bonds is 3. The Balaban J connectivity index is 2.20. The molecule has 2 aromatic rings. The SMILES string of the molecule is CC(C)(C)N(CCc1c[nH]c2ccc(Br)cc12)C(=O)O. The number of nitrogens with zero attached hydrogens (tertiary/aromatic N) is 1. The number of carboxylic acid groups (broad SMARTS) is 1. The molecular weight excluding hydrogens is 320 g/mol. The summed E-state index contributed by atoms with van der Waals surface area (Å²) in [6.07, 6.45) is 1.78. The molecule has 0 aliphatic heterocycles. The van der Waals surface area contributed by atoms with Gasteiger partial charge in [-0.1, -0.05) is 15.9 Å². The van der Waals surface area contributed by atoms with Crippen LogP contribution in [0.4, 0.5) is 4.79 Å². The molecule has 0 fully saturated rings. The van der Waals surface area contributed by atoms with Crippen molar-refractivity contribution in [2.45, 2.75) is 32.7 Å². The molecule has 0 aliphatic carbocycles. The number of carbonyl (C=O) groups is 1. The van der Waals surface area contributed by atoms with Gasteiger partial charge in [-0.15, -0.1) is 0 Å². The van der Waals surface area contributed by atoms with Crippen molar-refractivity contribution < 1.29 is 9.90 Å². The first-order valence-electron chi connectivity index (χ1n) is 6.55. The van der Waals surface area contributed by atoms with Crippen LogP contribution in [0.2, 0.25) is 0 Å². The summed E-state index contributed by atoms with van der Waals surface area (Å²) in [7, 11) is 0. The van der Waals surface area contributed by atoms with Crippen LogP contribution >= 0.6 is 15.9 Å². The molecule has 0 saturated heterocycles. The minimum absolute atomic E-state index is 0.390. The summed E-state index contributed by atoms with van der Waals surface area (Å²) in [6, 6.07) is 6.06. The van der Waals surface area contributed by atoms with E-state index < -0.39 is 11.6 Å². The van der Waals surface area contributed by atoms with Crippen LogP contribution in [0.25, 0.3) is 10.9 Å². The molecule has 20 heavy (non-hydrogen) atoms. The first-order valence-corrected chi connectivity index (χ1v) is 7.34. The highest BCUT2D eigenvalue weighted by Crippen LogP contribution is 2.24. The Kier molecular flexibility index (Phi) is 4.09. The van der Waals surface area contributed by atoms with Gasteiger partial charge in [0.2, 0.25) is 0 Å². The van der Waals surface area contributed by atoms with Gasteiger partial charge in [-0.3, -0.25) is 0 Å². The van der Waals surface area contributed by atoms with E-state index in [2.05, 4.69) is 27.0 Å². The third kappa shape index (κ3) is 3.15. The predicted molar refractivity (Wildman–Crippen MR) is 84.2 cm³/mol. The van der Waals surface area contributed by atoms with Gasteiger partial charge in [0.1, 0.15) is 0 Å². The van der Waals surface area contributed by atoms with Crippen LogP contribution in [-0.2, 0) is 6.42 Å². The van der Waals surface area contributed by atoms with Gasteiger partial charge in [-0.05, 0) is 51.0 Å². The molecule has 0 unspecified atom stereocenters. The van der Waals surface area contributed by atoms with Gasteiger partial charge in [0.25, 0.3) is 0 Å². The monoisotopic (exact) mass is 338 g/mol. The number of aromatic amines is 1. The maximum atomic E-state index is 11.3. The molecule has 1 aromatic carbocycles. The lowest BCUT2D eigenvalue weighted by Crippen LogP contribution is -2.45. The zero-order valence-corrected chi connectivity index (χ0v) is 13.5. The number of amides is 1. The van der Waals surface area contributed by atoms with E-state index in [0.29, 0.717) is 13.0 Å². The fraction of sp³-hybridized carbons (Fsp3) is 0.400. The standard InChI is InChI=1S/C15H19BrN2O2/c1-15(2,3)18(14(19)20)7-6-10-9-17-13-5-4-11(16)8-12(10)13/h4-5,8-9,17H,6-7H2,1-3H3,(H,19,20). The predicted octanol–water partition coefficient (Wildman–Crippen LogP) is 4.25. The van der Waals surface area contributed by atoms with Crippen molar-refractivity contribution in [3.05, 3.63) is 34.4 Å². The van der Waals surface area contributed by atoms with Gasteiger partial charge in [-0.2, -0.15) is 0 Å². The Labute approximate surface area is 126 Å². The molecule has 108 valence electrons. The Hall–Kier alpha value is -1.49. The van der Waals surface area contributed by atoms with E-state index in [1.54, 1.807) is 0 Å². The quantitative estimate of drug-likeness (QED) is 0.878. The smallest absolute Gasteiger partial charge is 0.407 e. The summed E-state index contributed by atoms with van der Waals surface area (Å²) in [5, 5.41) is 10.4. The van der Waals surface area contributed by atoms with E-state index in [9.17, 15) is 9.90 Å². The summed E-state index contributed by atoms with van der Waals surface area (Å²) < 4.78 is 1.02. The molecule has 0 atom stereocenters. The minimum atomic E-state index is -0.876. The van der Waals surface area contributed by atoms with Crippen molar-refractivity contribution in [2.75, 3.05) is 6.54 Å². The molecule has 0 bridgehead atoms. The topological polar surface area (TPSA) is 56.3 Å². The highest BCUT2D eigenvalue weighted by Gasteiger charge is 2.25. The maximum Gasteiger partial charge on any atom is 0.407 e. The van der Waals surface area contributed by atoms with Crippen molar-refractivity contribution in [3.8, 4) is 0 Å². The highest BCUT2D eigenvalue weighted by molar-refractivity contribution is 9.10. The third-order valence-corrected chi connectivity index (χ3v) is 3.87. The lowest BCUT2D eigenvalue weighted by molar-refractivity contribution is 0.101. The van der Waals surface area contributed by atoms with Crippen molar-refractivity contribution in [1.29, 1.82) is 0 Å². The van der Waals surface area contributed by atoms with Crippen LogP contribution in [0.5, 0.6) is 0 Å². The molecule has 0 saturated carbocycles. The largest absolute Gasteiger partial charge is 0.465 e. The number of halogens is 1. The van der Waals surface area contributed by atoms with E-state index in [1.807, 2.05) is 39.1 Å². The molecule has 2 N–H and O–H groups in total. The molecule has 4 nitrogen and oxygen atoms in total. The second-order valence-electron chi connectivity index (χ2n) is 5.86. The first-order chi connectivity index (χ1) is 9.29. The fourth-order valence-electron chi connectivity index (χ4n) is 2.31. The minimum Gasteiger partial charge on any atom is -0.465 e. The fourth-order valence-corrected chi connectivity index (χ4v) is 2.67. The van der Waals surface area contributed by atoms with Gasteiger partial charge in [0.15, 0.2) is 0 Å². The molecule has 1 heterocycles. The van der Waals surface area contributed by atoms with E-state index in [0.717, 1.165) is 20.9 Å². The number of benzene rings is 1. The van der Waals surface area contributed by atoms with Crippen LogP contribution in [0.1, 0.15) is 26.3 Å². The molecule has 0 aliphatic rings. The highest BCUT2D eigenvalue weighted by atomic mass is 79.9. The van der Waals surface area contributed by atoms with E-state index in [4.69, 9.17) is 0 Å². The number of fused-ring (bicyclic) bond motifs is 1. The molecule has 1 amide bonds. The number of H-pyrrole nitrogens is 1. The summed E-state index contributed by atoms with van der Waals surface area (Å²) in [6.45, 7) is 6.21. The molecule has 0 spiro atoms. The number of hydrogen-bond acceptors (Lipinski definition) is 1. The van der Waals surface area contributed by atoms with Gasteiger partial charge < -0.3 is 15.0 Å². The van der Waals surface area contributed by atoms with Gasteiger partial charge >= 0.3 is 6.09 Å². The Morgan fingerprint density at radius 3 is 2.70 bits per heavy atom. The molecule has 0 radical (unpaired) electrons. The third-order valence-electron chi connectivity index (χ3n) is 3.37. The normalized spacial score (nSPS) is 11.8. The second kappa shape index (κ2) is 5.48. The summed E-state index contributed by atoms with van der Waals surface area (Å²) in [5.41, 5.74) is 1.82. The van der Waals surface area contributed by atoms with Crippen LogP contribution in [0, 0.1) is 0 Å². The van der Waals surface area contributed by atoms with Crippen LogP contribution < -0.4 is 0 Å². The van der Waals surface area contributed by atoms with Crippen LogP contribution in [0.15, 0.2) is 28.9 Å². The van der Waals surface area contributed by atoms with Crippen LogP contribution in [-0.4, -0.2) is 33.2 Å². The zero-order valence-electron chi connectivity index (χ0n) is 11.9. The Morgan fingerprint density at radius 2 is 2.10 bits per heavy atom. The first kappa shape index (κ1) is 14.9. The summed E-state index contributed by atoms with van der Waals surface area (Å²) in [5.74, 6) is 0. The number of aromatic nitrogens is 1. The van der Waals surface area contributed by atoms with Gasteiger partial charge in [0.05, 0.1) is 0 Å². The summed E-state index contributed by atoms with van der Waals surface area (Å²) >= 11 is 3.47. The summed E-state index contributed by atoms with van der Waals surface area (Å²) in [4.78, 5) is 16.0. The molecule has 1 aromatic heterocycles. The van der Waals surface area contributed by atoms with Crippen LogP contribution in [0.3, 0.4) is 0 Å². The van der Waals surface area contributed by atoms with E-state index in [1.165, 1.54) is 4.90 Å². The lowest BCUT2D eigenvalue weighted by Gasteiger charge is -2.33. The van der Waals surface area contributed by atoms with Crippen molar-refractivity contribution in [3.63, 3.8) is 0 Å². The average Bonchev–Trinajstić information content (AvgIpc) is 2.70. The number of nitrogens with one attached hydrogen (secondary N) is 1. The van der Waals surface area contributed by atoms with Crippen molar-refractivity contribution >= 4 is 32.9 Å². The molecule has 2 rings (SSSR count). The van der Waals surface area contributed by atoms with Crippen molar-refractivity contribution in [2.24, 2.45) is 0 Å². The maximum absolute atomic E-state index is 11.3. The van der Waals surface area contributed by atoms with Gasteiger partial charge in [0, 0.05) is 33.7 Å². The average molecular weight is 339 g/mol. The van der Waals surface area contributed by atoms with Gasteiger partial charge in [-0.25, -0.2) is 4.79 Å². The Bertz CT molecular complexity index is 628. The Morgan fingerprint density at radius 1 is 1.40 bits per heavy atom. The molecule has 5 heteroatoms. The van der Waals surface area contributed by atoms with Crippen molar-refractivity contribution in [1.82, 2.24) is 9.88 Å². The van der Waals surface area contributed by atoms with E-state index >= 15 is 0 Å². The zero-order chi connectivity index (χ0) is 14.9. The lowest BCUT2D eigenvalue weighted by atomic mass is 10.0.